The third kappa shape index (κ3) is 5.67. The van der Waals surface area contributed by atoms with Crippen molar-refractivity contribution in [2.45, 2.75) is 0 Å². The van der Waals surface area contributed by atoms with Crippen LogP contribution in [0.2, 0.25) is 0 Å². The van der Waals surface area contributed by atoms with Gasteiger partial charge in [0.15, 0.2) is 5.55 Å². The Balaban J connectivity index is 3.27. The highest BCUT2D eigenvalue weighted by Gasteiger charge is 1.86. The molecule has 0 saturated carbocycles. The van der Waals surface area contributed by atoms with Gasteiger partial charge in [-0.25, -0.2) is 4.21 Å². The number of hydrogen-bond donors (Lipinski definition) is 0. The molecule has 0 amide bonds. The quantitative estimate of drug-likeness (QED) is 0.188. The fraction of sp³-hybridized carbons (Fsp3) is 0.750. The fourth-order valence-electron chi connectivity index (χ4n) is 0.192. The van der Waals surface area contributed by atoms with Crippen molar-refractivity contribution in [3.8, 4) is 0 Å². The van der Waals surface area contributed by atoms with E-state index < -0.39 is 11.1 Å². The molecule has 0 fully saturated rings. The van der Waals surface area contributed by atoms with E-state index in [0.29, 0.717) is 0 Å². The number of oxime groups is 1. The second-order valence-electron chi connectivity index (χ2n) is 1.17. The average Bonchev–Trinajstić information content (AvgIpc) is 1.98. The molecule has 0 heterocycles. The molecule has 1 unspecified atom stereocenters. The summed E-state index contributed by atoms with van der Waals surface area (Å²) in [6.45, 7) is 0.0391. The number of ether oxygens (including phenoxy) is 1. The Labute approximate surface area is 61.6 Å². The minimum Gasteiger partial charge on any atom is -0.366 e. The maximum Gasteiger partial charge on any atom is 0.216 e. The van der Waals surface area contributed by atoms with Gasteiger partial charge in [0, 0.05) is 7.11 Å². The Morgan fingerprint density at radius 2 is 2.30 bits per heavy atom. The molecule has 0 aliphatic heterocycles. The first kappa shape index (κ1) is 9.54. The van der Waals surface area contributed by atoms with Crippen molar-refractivity contribution in [3.05, 3.63) is 0 Å². The Bertz CT molecular complexity index is 126. The summed E-state index contributed by atoms with van der Waals surface area (Å²) in [5, 5.41) is 3.26. The number of hydrogen-bond acceptors (Lipinski definition) is 5. The smallest absolute Gasteiger partial charge is 0.216 e. The van der Waals surface area contributed by atoms with Crippen LogP contribution in [0.25, 0.3) is 0 Å². The van der Waals surface area contributed by atoms with E-state index >= 15 is 0 Å². The normalized spacial score (nSPS) is 13.8. The predicted molar refractivity (Wildman–Crippen MR) is 36.6 cm³/mol. The van der Waals surface area contributed by atoms with E-state index in [-0.39, 0.29) is 6.79 Å². The van der Waals surface area contributed by atoms with Crippen molar-refractivity contribution in [2.24, 2.45) is 5.16 Å². The topological polar surface area (TPSA) is 57.1 Å². The van der Waals surface area contributed by atoms with E-state index in [1.807, 2.05) is 0 Å². The van der Waals surface area contributed by atoms with Gasteiger partial charge in [0.05, 0.1) is 7.11 Å². The molecule has 60 valence electrons. The lowest BCUT2D eigenvalue weighted by atomic mass is 11.4. The lowest BCUT2D eigenvalue weighted by Gasteiger charge is -1.93. The summed E-state index contributed by atoms with van der Waals surface area (Å²) < 4.78 is 19.2. The summed E-state index contributed by atoms with van der Waals surface area (Å²) in [7, 11) is 2.77. The Kier molecular flexibility index (Phi) is 6.35. The molecule has 5 nitrogen and oxygen atoms in total. The highest BCUT2D eigenvalue weighted by molar-refractivity contribution is 7.94. The minimum absolute atomic E-state index is 0.0391. The molecule has 6 heteroatoms. The standard InChI is InChI=1S/C4H9NO4S/c1-7-4-9-5-3-10(6)8-2/h3H,4H2,1-2H3/b5-3-. The van der Waals surface area contributed by atoms with E-state index in [9.17, 15) is 4.21 Å². The molecular weight excluding hydrogens is 158 g/mol. The summed E-state index contributed by atoms with van der Waals surface area (Å²) in [6, 6.07) is 0. The lowest BCUT2D eigenvalue weighted by molar-refractivity contribution is -0.0273. The van der Waals surface area contributed by atoms with E-state index in [1.165, 1.54) is 14.2 Å². The van der Waals surface area contributed by atoms with Crippen molar-refractivity contribution >= 4 is 16.6 Å². The van der Waals surface area contributed by atoms with Gasteiger partial charge in [-0.2, -0.15) is 0 Å². The van der Waals surface area contributed by atoms with E-state index in [0.717, 1.165) is 5.55 Å². The second kappa shape index (κ2) is 6.66. The minimum atomic E-state index is -1.50. The largest absolute Gasteiger partial charge is 0.366 e. The highest BCUT2D eigenvalue weighted by atomic mass is 32.2. The average molecular weight is 167 g/mol. The van der Waals surface area contributed by atoms with Gasteiger partial charge in [0.25, 0.3) is 0 Å². The van der Waals surface area contributed by atoms with Crippen LogP contribution in [-0.2, 0) is 24.8 Å². The number of nitrogens with zero attached hydrogens (tertiary/aromatic N) is 1. The Morgan fingerprint density at radius 1 is 1.60 bits per heavy atom. The molecule has 0 aromatic rings. The second-order valence-corrected chi connectivity index (χ2v) is 2.24. The van der Waals surface area contributed by atoms with Crippen LogP contribution in [0.15, 0.2) is 5.16 Å². The van der Waals surface area contributed by atoms with Gasteiger partial charge in [-0.05, 0) is 0 Å². The van der Waals surface area contributed by atoms with Crippen LogP contribution in [0.3, 0.4) is 0 Å². The van der Waals surface area contributed by atoms with Crippen molar-refractivity contribution in [1.29, 1.82) is 0 Å². The van der Waals surface area contributed by atoms with Gasteiger partial charge in [-0.1, -0.05) is 5.16 Å². The molecule has 0 radical (unpaired) electrons. The first-order valence-corrected chi connectivity index (χ1v) is 3.54. The van der Waals surface area contributed by atoms with E-state index in [4.69, 9.17) is 0 Å². The first-order valence-electron chi connectivity index (χ1n) is 2.40. The summed E-state index contributed by atoms with van der Waals surface area (Å²) >= 11 is -1.50. The van der Waals surface area contributed by atoms with Gasteiger partial charge in [0.2, 0.25) is 17.9 Å². The molecule has 0 spiro atoms. The molecule has 10 heavy (non-hydrogen) atoms. The van der Waals surface area contributed by atoms with E-state index in [1.54, 1.807) is 0 Å². The third-order valence-corrected chi connectivity index (χ3v) is 1.13. The molecule has 0 aliphatic rings. The highest BCUT2D eigenvalue weighted by Crippen LogP contribution is 1.78. The molecule has 1 atom stereocenters. The Morgan fingerprint density at radius 3 is 2.80 bits per heavy atom. The van der Waals surface area contributed by atoms with Gasteiger partial charge in [-0.15, -0.1) is 0 Å². The third-order valence-electron chi connectivity index (χ3n) is 0.538. The van der Waals surface area contributed by atoms with Gasteiger partial charge in [-0.3, -0.25) is 4.18 Å². The monoisotopic (exact) mass is 167 g/mol. The maximum atomic E-state index is 10.4. The summed E-state index contributed by atoms with van der Waals surface area (Å²) in [5.41, 5.74) is 1.03. The number of methoxy groups -OCH3 is 1. The molecule has 0 aliphatic carbocycles. The van der Waals surface area contributed by atoms with Crippen LogP contribution < -0.4 is 0 Å². The van der Waals surface area contributed by atoms with Crippen molar-refractivity contribution in [3.63, 3.8) is 0 Å². The SMILES string of the molecule is COCO/N=C\S(=O)OC. The van der Waals surface area contributed by atoms with Gasteiger partial charge >= 0.3 is 0 Å². The Hall–Kier alpha value is -0.460. The summed E-state index contributed by atoms with van der Waals surface area (Å²) in [6.07, 6.45) is 0. The zero-order valence-electron chi connectivity index (χ0n) is 5.77. The molecule has 0 rings (SSSR count). The summed E-state index contributed by atoms with van der Waals surface area (Å²) in [4.78, 5) is 4.43. The predicted octanol–water partition coefficient (Wildman–Crippen LogP) is -0.140. The first-order chi connectivity index (χ1) is 4.81. The van der Waals surface area contributed by atoms with Gasteiger partial charge < -0.3 is 9.57 Å². The summed E-state index contributed by atoms with van der Waals surface area (Å²) in [5.74, 6) is 0. The lowest BCUT2D eigenvalue weighted by Crippen LogP contribution is -1.95. The van der Waals surface area contributed by atoms with Crippen LogP contribution in [-0.4, -0.2) is 30.8 Å². The van der Waals surface area contributed by atoms with Crippen molar-refractivity contribution in [2.75, 3.05) is 21.0 Å². The van der Waals surface area contributed by atoms with Crippen LogP contribution in [0.1, 0.15) is 0 Å². The molecule has 0 saturated heterocycles. The zero-order chi connectivity index (χ0) is 7.82. The van der Waals surface area contributed by atoms with Crippen molar-refractivity contribution < 1.29 is 18.0 Å². The molecular formula is C4H9NO4S. The fourth-order valence-corrected chi connectivity index (χ4v) is 0.409. The van der Waals surface area contributed by atoms with E-state index in [2.05, 4.69) is 18.9 Å². The van der Waals surface area contributed by atoms with Gasteiger partial charge in [0.1, 0.15) is 0 Å². The van der Waals surface area contributed by atoms with Crippen LogP contribution in [0.4, 0.5) is 0 Å². The van der Waals surface area contributed by atoms with Crippen LogP contribution in [0.5, 0.6) is 0 Å². The number of rotatable bonds is 5. The van der Waals surface area contributed by atoms with Crippen molar-refractivity contribution in [1.82, 2.24) is 0 Å². The maximum absolute atomic E-state index is 10.4. The molecule has 0 N–H and O–H groups in total. The van der Waals surface area contributed by atoms with Crippen LogP contribution in [0, 0.1) is 0 Å². The molecule has 0 bridgehead atoms. The van der Waals surface area contributed by atoms with Crippen LogP contribution >= 0.6 is 0 Å². The molecule has 0 aromatic carbocycles. The molecule has 0 aromatic heterocycles. The zero-order valence-corrected chi connectivity index (χ0v) is 6.59.